The van der Waals surface area contributed by atoms with Crippen LogP contribution in [0.2, 0.25) is 0 Å². The monoisotopic (exact) mass is 248 g/mol. The van der Waals surface area contributed by atoms with E-state index in [1.54, 1.807) is 6.33 Å². The number of hydrogen-bond donors (Lipinski definition) is 1. The molecule has 0 saturated heterocycles. The van der Waals surface area contributed by atoms with Crippen molar-refractivity contribution in [2.45, 2.75) is 19.9 Å². The van der Waals surface area contributed by atoms with Gasteiger partial charge in [-0.05, 0) is 18.1 Å². The molecule has 0 aliphatic heterocycles. The fourth-order valence-corrected chi connectivity index (χ4v) is 2.26. The van der Waals surface area contributed by atoms with Crippen LogP contribution in [-0.2, 0) is 6.54 Å². The Labute approximate surface area is 105 Å². The standard InChI is InChI=1S/C12H16N4S/c1-2-7-16(12-14-9-15-17-12)8-10-5-3-4-6-11(10)13/h3-6,9H,2,7-8,13H2,1H3. The fourth-order valence-electron chi connectivity index (χ4n) is 1.70. The third-order valence-corrected chi connectivity index (χ3v) is 3.26. The van der Waals surface area contributed by atoms with E-state index in [4.69, 9.17) is 5.73 Å². The lowest BCUT2D eigenvalue weighted by molar-refractivity contribution is 0.765. The van der Waals surface area contributed by atoms with Gasteiger partial charge in [0, 0.05) is 30.3 Å². The Hall–Kier alpha value is -1.62. The van der Waals surface area contributed by atoms with Crippen molar-refractivity contribution in [3.8, 4) is 0 Å². The first kappa shape index (κ1) is 11.9. The highest BCUT2D eigenvalue weighted by Crippen LogP contribution is 2.20. The number of hydrogen-bond acceptors (Lipinski definition) is 5. The molecule has 1 aromatic carbocycles. The number of benzene rings is 1. The van der Waals surface area contributed by atoms with Gasteiger partial charge in [0.1, 0.15) is 6.33 Å². The molecule has 4 nitrogen and oxygen atoms in total. The molecule has 1 heterocycles. The second-order valence-corrected chi connectivity index (χ2v) is 4.60. The van der Waals surface area contributed by atoms with E-state index in [0.29, 0.717) is 0 Å². The van der Waals surface area contributed by atoms with E-state index in [1.165, 1.54) is 11.5 Å². The van der Waals surface area contributed by atoms with Crippen LogP contribution in [0.4, 0.5) is 10.8 Å². The van der Waals surface area contributed by atoms with Gasteiger partial charge in [0.05, 0.1) is 0 Å². The van der Waals surface area contributed by atoms with Crippen LogP contribution in [0.1, 0.15) is 18.9 Å². The minimum atomic E-state index is 0.787. The quantitative estimate of drug-likeness (QED) is 0.826. The van der Waals surface area contributed by atoms with Gasteiger partial charge >= 0.3 is 0 Å². The third-order valence-electron chi connectivity index (χ3n) is 2.53. The van der Waals surface area contributed by atoms with Crippen molar-refractivity contribution in [3.05, 3.63) is 36.2 Å². The zero-order chi connectivity index (χ0) is 12.1. The summed E-state index contributed by atoms with van der Waals surface area (Å²) in [5.74, 6) is 0. The van der Waals surface area contributed by atoms with Crippen LogP contribution in [0.15, 0.2) is 30.6 Å². The minimum absolute atomic E-state index is 0.787. The van der Waals surface area contributed by atoms with E-state index in [9.17, 15) is 0 Å². The van der Waals surface area contributed by atoms with E-state index >= 15 is 0 Å². The molecular weight excluding hydrogens is 232 g/mol. The number of nitrogens with two attached hydrogens (primary N) is 1. The Morgan fingerprint density at radius 2 is 2.18 bits per heavy atom. The van der Waals surface area contributed by atoms with Crippen molar-refractivity contribution in [2.75, 3.05) is 17.2 Å². The first-order valence-electron chi connectivity index (χ1n) is 5.66. The molecule has 0 unspecified atom stereocenters. The first-order valence-corrected chi connectivity index (χ1v) is 6.43. The normalized spacial score (nSPS) is 10.4. The molecule has 17 heavy (non-hydrogen) atoms. The molecule has 0 aliphatic rings. The molecular formula is C12H16N4S. The topological polar surface area (TPSA) is 55.0 Å². The smallest absolute Gasteiger partial charge is 0.205 e. The van der Waals surface area contributed by atoms with Gasteiger partial charge in [0.25, 0.3) is 0 Å². The molecule has 90 valence electrons. The number of para-hydroxylation sites is 1. The van der Waals surface area contributed by atoms with Gasteiger partial charge in [-0.25, -0.2) is 4.98 Å². The average Bonchev–Trinajstić information content (AvgIpc) is 2.85. The predicted molar refractivity (Wildman–Crippen MR) is 72.1 cm³/mol. The maximum absolute atomic E-state index is 5.96. The van der Waals surface area contributed by atoms with Crippen LogP contribution < -0.4 is 10.6 Å². The van der Waals surface area contributed by atoms with Crippen LogP contribution in [0.3, 0.4) is 0 Å². The number of anilines is 2. The Kier molecular flexibility index (Phi) is 3.93. The average molecular weight is 248 g/mol. The van der Waals surface area contributed by atoms with Gasteiger partial charge in [0.15, 0.2) is 0 Å². The molecule has 0 aliphatic carbocycles. The highest BCUT2D eigenvalue weighted by molar-refractivity contribution is 7.09. The van der Waals surface area contributed by atoms with Crippen LogP contribution in [0.25, 0.3) is 0 Å². The van der Waals surface area contributed by atoms with Crippen molar-refractivity contribution in [3.63, 3.8) is 0 Å². The molecule has 0 fully saturated rings. The van der Waals surface area contributed by atoms with Gasteiger partial charge in [-0.2, -0.15) is 4.37 Å². The summed E-state index contributed by atoms with van der Waals surface area (Å²) in [7, 11) is 0. The van der Waals surface area contributed by atoms with E-state index in [-0.39, 0.29) is 0 Å². The van der Waals surface area contributed by atoms with Gasteiger partial charge in [-0.1, -0.05) is 25.1 Å². The summed E-state index contributed by atoms with van der Waals surface area (Å²) < 4.78 is 4.05. The molecule has 2 rings (SSSR count). The molecule has 0 saturated carbocycles. The molecule has 0 atom stereocenters. The number of rotatable bonds is 5. The summed E-state index contributed by atoms with van der Waals surface area (Å²) in [4.78, 5) is 6.47. The first-order chi connectivity index (χ1) is 8.31. The lowest BCUT2D eigenvalue weighted by atomic mass is 10.1. The number of nitrogens with zero attached hydrogens (tertiary/aromatic N) is 3. The van der Waals surface area contributed by atoms with E-state index in [0.717, 1.165) is 35.9 Å². The maximum atomic E-state index is 5.96. The number of aromatic nitrogens is 2. The predicted octanol–water partition coefficient (Wildman–Crippen LogP) is 2.54. The van der Waals surface area contributed by atoms with Crippen molar-refractivity contribution in [2.24, 2.45) is 0 Å². The summed E-state index contributed by atoms with van der Waals surface area (Å²) in [5, 5.41) is 0.954. The third kappa shape index (κ3) is 2.94. The molecule has 0 amide bonds. The maximum Gasteiger partial charge on any atom is 0.205 e. The van der Waals surface area contributed by atoms with Gasteiger partial charge in [-0.15, -0.1) is 0 Å². The molecule has 2 aromatic rings. The summed E-state index contributed by atoms with van der Waals surface area (Å²) in [6.07, 6.45) is 2.67. The largest absolute Gasteiger partial charge is 0.398 e. The van der Waals surface area contributed by atoms with Crippen molar-refractivity contribution >= 4 is 22.4 Å². The van der Waals surface area contributed by atoms with Gasteiger partial charge in [0.2, 0.25) is 5.13 Å². The summed E-state index contributed by atoms with van der Waals surface area (Å²) >= 11 is 1.42. The number of nitrogen functional groups attached to an aromatic ring is 1. The Morgan fingerprint density at radius 3 is 2.82 bits per heavy atom. The van der Waals surface area contributed by atoms with Crippen molar-refractivity contribution in [1.29, 1.82) is 0 Å². The van der Waals surface area contributed by atoms with Crippen LogP contribution in [-0.4, -0.2) is 15.9 Å². The highest BCUT2D eigenvalue weighted by Gasteiger charge is 2.10. The van der Waals surface area contributed by atoms with Crippen LogP contribution >= 0.6 is 11.5 Å². The summed E-state index contributed by atoms with van der Waals surface area (Å²) in [6.45, 7) is 3.90. The summed E-state index contributed by atoms with van der Waals surface area (Å²) in [5.41, 5.74) is 7.93. The van der Waals surface area contributed by atoms with Gasteiger partial charge in [-0.3, -0.25) is 0 Å². The fraction of sp³-hybridized carbons (Fsp3) is 0.333. The zero-order valence-electron chi connectivity index (χ0n) is 9.84. The zero-order valence-corrected chi connectivity index (χ0v) is 10.7. The van der Waals surface area contributed by atoms with Crippen LogP contribution in [0.5, 0.6) is 0 Å². The highest BCUT2D eigenvalue weighted by atomic mass is 32.1. The van der Waals surface area contributed by atoms with Crippen LogP contribution in [0, 0.1) is 0 Å². The lowest BCUT2D eigenvalue weighted by Crippen LogP contribution is -2.23. The Morgan fingerprint density at radius 1 is 1.35 bits per heavy atom. The van der Waals surface area contributed by atoms with Crippen molar-refractivity contribution in [1.82, 2.24) is 9.36 Å². The lowest BCUT2D eigenvalue weighted by Gasteiger charge is -2.21. The van der Waals surface area contributed by atoms with Crippen molar-refractivity contribution < 1.29 is 0 Å². The molecule has 5 heteroatoms. The van der Waals surface area contributed by atoms with E-state index in [1.807, 2.05) is 18.2 Å². The molecule has 0 spiro atoms. The molecule has 0 bridgehead atoms. The minimum Gasteiger partial charge on any atom is -0.398 e. The van der Waals surface area contributed by atoms with E-state index in [2.05, 4.69) is 27.2 Å². The summed E-state index contributed by atoms with van der Waals surface area (Å²) in [6, 6.07) is 7.95. The Bertz CT molecular complexity index is 455. The molecule has 1 aromatic heterocycles. The van der Waals surface area contributed by atoms with E-state index < -0.39 is 0 Å². The second-order valence-electron chi connectivity index (χ2n) is 3.84. The second kappa shape index (κ2) is 5.63. The van der Waals surface area contributed by atoms with Gasteiger partial charge < -0.3 is 10.6 Å². The molecule has 2 N–H and O–H groups in total. The Balaban J connectivity index is 2.16. The SMILES string of the molecule is CCCN(Cc1ccccc1N)c1ncns1. The molecule has 0 radical (unpaired) electrons.